The molecule has 0 aromatic rings. The average Bonchev–Trinajstić information content (AvgIpc) is 2.81. The second kappa shape index (κ2) is 6.25. The molecule has 0 spiro atoms. The third-order valence-electron chi connectivity index (χ3n) is 5.47. The molecule has 2 rings (SSSR count). The van der Waals surface area contributed by atoms with E-state index >= 15 is 0 Å². The van der Waals surface area contributed by atoms with Crippen molar-refractivity contribution in [1.29, 1.82) is 0 Å². The van der Waals surface area contributed by atoms with Gasteiger partial charge in [-0.05, 0) is 58.3 Å². The lowest BCUT2D eigenvalue weighted by molar-refractivity contribution is -0.143. The van der Waals surface area contributed by atoms with Gasteiger partial charge in [0.25, 0.3) is 0 Å². The summed E-state index contributed by atoms with van der Waals surface area (Å²) in [5.41, 5.74) is -2.07. The molecular weight excluding hydrogens is 294 g/mol. The zero-order chi connectivity index (χ0) is 17.5. The zero-order valence-electron chi connectivity index (χ0n) is 15.3. The number of likely N-dealkylation sites (tertiary alicyclic amines) is 1. The van der Waals surface area contributed by atoms with Gasteiger partial charge in [0.1, 0.15) is 5.60 Å². The fourth-order valence-corrected chi connectivity index (χ4v) is 4.53. The maximum absolute atomic E-state index is 12.3. The Morgan fingerprint density at radius 1 is 1.26 bits per heavy atom. The summed E-state index contributed by atoms with van der Waals surface area (Å²) in [5.74, 6) is 0.866. The summed E-state index contributed by atoms with van der Waals surface area (Å²) in [6.45, 7) is 10.7. The van der Waals surface area contributed by atoms with Crippen LogP contribution in [0.4, 0.5) is 4.79 Å². The lowest BCUT2D eigenvalue weighted by Crippen LogP contribution is -2.56. The van der Waals surface area contributed by atoms with Crippen molar-refractivity contribution in [3.63, 3.8) is 0 Å². The highest BCUT2D eigenvalue weighted by molar-refractivity contribution is 5.68. The molecule has 3 atom stereocenters. The van der Waals surface area contributed by atoms with Crippen LogP contribution in [0.5, 0.6) is 0 Å². The van der Waals surface area contributed by atoms with Crippen molar-refractivity contribution in [3.05, 3.63) is 0 Å². The Hall–Kier alpha value is -0.810. The second-order valence-corrected chi connectivity index (χ2v) is 8.98. The number of hydrogen-bond acceptors (Lipinski definition) is 4. The molecule has 0 aromatic carbocycles. The lowest BCUT2D eigenvalue weighted by Gasteiger charge is -2.49. The molecule has 0 aromatic heterocycles. The molecule has 0 radical (unpaired) electrons. The van der Waals surface area contributed by atoms with Gasteiger partial charge in [-0.2, -0.15) is 0 Å². The first kappa shape index (κ1) is 18.5. The highest BCUT2D eigenvalue weighted by Gasteiger charge is 2.56. The van der Waals surface area contributed by atoms with Gasteiger partial charge < -0.3 is 19.8 Å². The molecule has 1 amide bonds. The topological polar surface area (TPSA) is 70.0 Å². The molecule has 3 unspecified atom stereocenters. The van der Waals surface area contributed by atoms with E-state index in [9.17, 15) is 15.0 Å². The first-order valence-corrected chi connectivity index (χ1v) is 8.81. The first-order chi connectivity index (χ1) is 10.5. The summed E-state index contributed by atoms with van der Waals surface area (Å²) >= 11 is 0. The van der Waals surface area contributed by atoms with Crippen LogP contribution in [0.3, 0.4) is 0 Å². The van der Waals surface area contributed by atoms with Gasteiger partial charge in [0.05, 0.1) is 12.2 Å². The zero-order valence-corrected chi connectivity index (χ0v) is 15.3. The van der Waals surface area contributed by atoms with Gasteiger partial charge in [-0.15, -0.1) is 0 Å². The van der Waals surface area contributed by atoms with Crippen molar-refractivity contribution < 1.29 is 19.7 Å². The summed E-state index contributed by atoms with van der Waals surface area (Å²) in [6.07, 6.45) is 2.77. The Morgan fingerprint density at radius 3 is 2.30 bits per heavy atom. The standard InChI is InChI=1S/C18H33NO4/c1-13-8-14(2)10-18(22,9-13)17(12-20)6-7-19(11-17)15(21)23-16(3,4)5/h13-14,20,22H,6-12H2,1-5H3. The van der Waals surface area contributed by atoms with Crippen LogP contribution in [-0.2, 0) is 4.74 Å². The Morgan fingerprint density at radius 2 is 1.83 bits per heavy atom. The quantitative estimate of drug-likeness (QED) is 0.818. The Labute approximate surface area is 140 Å². The van der Waals surface area contributed by atoms with Crippen LogP contribution in [0.2, 0.25) is 0 Å². The van der Waals surface area contributed by atoms with E-state index in [1.807, 2.05) is 20.8 Å². The normalized spacial score (nSPS) is 38.7. The predicted molar refractivity (Wildman–Crippen MR) is 89.1 cm³/mol. The molecule has 0 bridgehead atoms. The first-order valence-electron chi connectivity index (χ1n) is 8.81. The number of carbonyl (C=O) groups is 1. The van der Waals surface area contributed by atoms with E-state index in [1.54, 1.807) is 4.90 Å². The molecule has 5 heteroatoms. The van der Waals surface area contributed by atoms with E-state index in [4.69, 9.17) is 4.74 Å². The number of aliphatic hydroxyl groups is 2. The van der Waals surface area contributed by atoms with Crippen molar-refractivity contribution in [2.45, 2.75) is 71.5 Å². The molecule has 1 aliphatic heterocycles. The predicted octanol–water partition coefficient (Wildman–Crippen LogP) is 2.79. The van der Waals surface area contributed by atoms with Crippen molar-refractivity contribution in [3.8, 4) is 0 Å². The van der Waals surface area contributed by atoms with Gasteiger partial charge in [0.2, 0.25) is 0 Å². The highest BCUT2D eigenvalue weighted by Crippen LogP contribution is 2.50. The minimum absolute atomic E-state index is 0.0950. The minimum atomic E-state index is -0.907. The van der Waals surface area contributed by atoms with E-state index in [-0.39, 0.29) is 12.7 Å². The van der Waals surface area contributed by atoms with Crippen LogP contribution in [0, 0.1) is 17.3 Å². The van der Waals surface area contributed by atoms with Gasteiger partial charge in [0.15, 0.2) is 0 Å². The van der Waals surface area contributed by atoms with E-state index in [0.29, 0.717) is 44.2 Å². The largest absolute Gasteiger partial charge is 0.444 e. The van der Waals surface area contributed by atoms with Crippen LogP contribution in [-0.4, -0.2) is 52.1 Å². The summed E-state index contributed by atoms with van der Waals surface area (Å²) < 4.78 is 5.45. The van der Waals surface area contributed by atoms with E-state index < -0.39 is 16.6 Å². The van der Waals surface area contributed by atoms with Crippen molar-refractivity contribution in [1.82, 2.24) is 4.90 Å². The van der Waals surface area contributed by atoms with Crippen molar-refractivity contribution in [2.75, 3.05) is 19.7 Å². The Kier molecular flexibility index (Phi) is 5.03. The molecule has 1 heterocycles. The maximum atomic E-state index is 12.3. The van der Waals surface area contributed by atoms with Gasteiger partial charge in [-0.1, -0.05) is 13.8 Å². The minimum Gasteiger partial charge on any atom is -0.444 e. The highest BCUT2D eigenvalue weighted by atomic mass is 16.6. The smallest absolute Gasteiger partial charge is 0.410 e. The molecule has 1 saturated heterocycles. The molecule has 5 nitrogen and oxygen atoms in total. The third-order valence-corrected chi connectivity index (χ3v) is 5.47. The van der Waals surface area contributed by atoms with Gasteiger partial charge in [-0.3, -0.25) is 0 Å². The number of hydrogen-bond donors (Lipinski definition) is 2. The SMILES string of the molecule is CC1CC(C)CC(O)(C2(CO)CCN(C(=O)OC(C)(C)C)C2)C1. The Balaban J connectivity index is 2.15. The van der Waals surface area contributed by atoms with Crippen molar-refractivity contribution in [2.24, 2.45) is 17.3 Å². The van der Waals surface area contributed by atoms with E-state index in [2.05, 4.69) is 13.8 Å². The number of carbonyl (C=O) groups excluding carboxylic acids is 1. The second-order valence-electron chi connectivity index (χ2n) is 8.98. The number of amides is 1. The van der Waals surface area contributed by atoms with Crippen LogP contribution >= 0.6 is 0 Å². The third kappa shape index (κ3) is 3.82. The summed E-state index contributed by atoms with van der Waals surface area (Å²) in [7, 11) is 0. The van der Waals surface area contributed by atoms with Crippen LogP contribution in [0.25, 0.3) is 0 Å². The number of ether oxygens (including phenoxy) is 1. The fourth-order valence-electron chi connectivity index (χ4n) is 4.53. The van der Waals surface area contributed by atoms with Crippen LogP contribution < -0.4 is 0 Å². The molecule has 2 N–H and O–H groups in total. The van der Waals surface area contributed by atoms with Gasteiger partial charge in [-0.25, -0.2) is 4.79 Å². The fraction of sp³-hybridized carbons (Fsp3) is 0.944. The van der Waals surface area contributed by atoms with Crippen LogP contribution in [0.1, 0.15) is 60.3 Å². The average molecular weight is 327 g/mol. The molecule has 2 fully saturated rings. The molecular formula is C18H33NO4. The molecule has 1 aliphatic carbocycles. The number of aliphatic hydroxyl groups excluding tert-OH is 1. The summed E-state index contributed by atoms with van der Waals surface area (Å²) in [4.78, 5) is 14.0. The monoisotopic (exact) mass is 327 g/mol. The number of nitrogens with zero attached hydrogens (tertiary/aromatic N) is 1. The van der Waals surface area contributed by atoms with Gasteiger partial charge >= 0.3 is 6.09 Å². The lowest BCUT2D eigenvalue weighted by atomic mass is 9.60. The Bertz CT molecular complexity index is 435. The molecule has 2 aliphatic rings. The maximum Gasteiger partial charge on any atom is 0.410 e. The summed E-state index contributed by atoms with van der Waals surface area (Å²) in [5, 5.41) is 21.5. The van der Waals surface area contributed by atoms with Gasteiger partial charge in [0, 0.05) is 18.5 Å². The summed E-state index contributed by atoms with van der Waals surface area (Å²) in [6, 6.07) is 0. The van der Waals surface area contributed by atoms with E-state index in [1.165, 1.54) is 0 Å². The van der Waals surface area contributed by atoms with Crippen molar-refractivity contribution >= 4 is 6.09 Å². The molecule has 1 saturated carbocycles. The van der Waals surface area contributed by atoms with E-state index in [0.717, 1.165) is 6.42 Å². The number of rotatable bonds is 2. The molecule has 23 heavy (non-hydrogen) atoms. The van der Waals surface area contributed by atoms with Crippen LogP contribution in [0.15, 0.2) is 0 Å². The molecule has 134 valence electrons.